The van der Waals surface area contributed by atoms with Gasteiger partial charge in [0.2, 0.25) is 0 Å². The van der Waals surface area contributed by atoms with E-state index in [-0.39, 0.29) is 6.61 Å². The Balaban J connectivity index is 2.25. The topological polar surface area (TPSA) is 79.2 Å². The molecule has 1 heterocycles. The van der Waals surface area contributed by atoms with Gasteiger partial charge in [-0.3, -0.25) is 0 Å². The SMILES string of the molecule is CCCCC/C=C/CO[C@H]1[C@@H]([C@@H](O)CO)OC[C@H]1O. The molecule has 0 aliphatic carbocycles. The summed E-state index contributed by atoms with van der Waals surface area (Å²) < 4.78 is 10.8. The van der Waals surface area contributed by atoms with Crippen molar-refractivity contribution in [3.05, 3.63) is 12.2 Å². The zero-order chi connectivity index (χ0) is 14.1. The molecule has 5 heteroatoms. The summed E-state index contributed by atoms with van der Waals surface area (Å²) in [6.07, 6.45) is 5.61. The summed E-state index contributed by atoms with van der Waals surface area (Å²) in [4.78, 5) is 0. The zero-order valence-electron chi connectivity index (χ0n) is 11.6. The Kier molecular flexibility index (Phi) is 8.25. The second-order valence-electron chi connectivity index (χ2n) is 4.88. The molecule has 0 bridgehead atoms. The molecule has 1 aliphatic heterocycles. The van der Waals surface area contributed by atoms with Crippen LogP contribution in [0.15, 0.2) is 12.2 Å². The number of rotatable bonds is 9. The molecular formula is C14H26O5. The molecule has 3 N–H and O–H groups in total. The first-order valence-corrected chi connectivity index (χ1v) is 7.05. The van der Waals surface area contributed by atoms with Crippen molar-refractivity contribution in [2.24, 2.45) is 0 Å². The average Bonchev–Trinajstić information content (AvgIpc) is 2.78. The van der Waals surface area contributed by atoms with Crippen LogP contribution in [0.5, 0.6) is 0 Å². The van der Waals surface area contributed by atoms with Crippen molar-refractivity contribution in [1.82, 2.24) is 0 Å². The Morgan fingerprint density at radius 2 is 2.16 bits per heavy atom. The number of hydrogen-bond donors (Lipinski definition) is 3. The summed E-state index contributed by atoms with van der Waals surface area (Å²) in [5.74, 6) is 0. The Morgan fingerprint density at radius 3 is 2.84 bits per heavy atom. The van der Waals surface area contributed by atoms with Crippen molar-refractivity contribution in [3.8, 4) is 0 Å². The van der Waals surface area contributed by atoms with Gasteiger partial charge in [0.05, 0.1) is 19.8 Å². The molecule has 1 aliphatic rings. The van der Waals surface area contributed by atoms with E-state index in [0.29, 0.717) is 6.61 Å². The number of allylic oxidation sites excluding steroid dienone is 1. The van der Waals surface area contributed by atoms with E-state index < -0.39 is 31.0 Å². The van der Waals surface area contributed by atoms with Crippen molar-refractivity contribution >= 4 is 0 Å². The van der Waals surface area contributed by atoms with E-state index in [4.69, 9.17) is 14.6 Å². The highest BCUT2D eigenvalue weighted by atomic mass is 16.6. The second-order valence-corrected chi connectivity index (χ2v) is 4.88. The van der Waals surface area contributed by atoms with E-state index >= 15 is 0 Å². The number of aliphatic hydroxyl groups is 3. The lowest BCUT2D eigenvalue weighted by Crippen LogP contribution is -2.42. The minimum absolute atomic E-state index is 0.132. The predicted molar refractivity (Wildman–Crippen MR) is 71.9 cm³/mol. The van der Waals surface area contributed by atoms with Crippen molar-refractivity contribution in [2.75, 3.05) is 19.8 Å². The number of aliphatic hydroxyl groups excluding tert-OH is 3. The molecule has 0 radical (unpaired) electrons. The fourth-order valence-corrected chi connectivity index (χ4v) is 2.12. The maximum Gasteiger partial charge on any atom is 0.115 e. The van der Waals surface area contributed by atoms with Crippen LogP contribution in [-0.2, 0) is 9.47 Å². The monoisotopic (exact) mass is 274 g/mol. The lowest BCUT2D eigenvalue weighted by Gasteiger charge is -2.23. The summed E-state index contributed by atoms with van der Waals surface area (Å²) in [7, 11) is 0. The van der Waals surface area contributed by atoms with Gasteiger partial charge in [-0.15, -0.1) is 0 Å². The van der Waals surface area contributed by atoms with E-state index in [1.165, 1.54) is 19.3 Å². The Hall–Kier alpha value is -0.460. The van der Waals surface area contributed by atoms with Crippen LogP contribution >= 0.6 is 0 Å². The average molecular weight is 274 g/mol. The molecule has 5 nitrogen and oxygen atoms in total. The molecule has 1 rings (SSSR count). The molecule has 4 atom stereocenters. The van der Waals surface area contributed by atoms with Crippen LogP contribution in [-0.4, -0.2) is 59.6 Å². The highest BCUT2D eigenvalue weighted by Gasteiger charge is 2.40. The molecule has 112 valence electrons. The predicted octanol–water partition coefficient (Wildman–Crippen LogP) is 0.621. The number of hydrogen-bond acceptors (Lipinski definition) is 5. The molecule has 0 aromatic rings. The zero-order valence-corrected chi connectivity index (χ0v) is 11.6. The van der Waals surface area contributed by atoms with Gasteiger partial charge in [0.25, 0.3) is 0 Å². The van der Waals surface area contributed by atoms with Crippen LogP contribution in [0.2, 0.25) is 0 Å². The molecule has 0 aromatic carbocycles. The smallest absolute Gasteiger partial charge is 0.115 e. The molecule has 0 unspecified atom stereocenters. The minimum atomic E-state index is -1.02. The van der Waals surface area contributed by atoms with Crippen LogP contribution in [0.4, 0.5) is 0 Å². The van der Waals surface area contributed by atoms with E-state index in [2.05, 4.69) is 13.0 Å². The molecule has 0 saturated carbocycles. The van der Waals surface area contributed by atoms with Crippen molar-refractivity contribution in [2.45, 2.75) is 57.0 Å². The third-order valence-corrected chi connectivity index (χ3v) is 3.25. The van der Waals surface area contributed by atoms with Gasteiger partial charge < -0.3 is 24.8 Å². The normalized spacial score (nSPS) is 29.2. The van der Waals surface area contributed by atoms with Gasteiger partial charge in [-0.25, -0.2) is 0 Å². The molecule has 1 saturated heterocycles. The van der Waals surface area contributed by atoms with Crippen LogP contribution in [0, 0.1) is 0 Å². The van der Waals surface area contributed by atoms with Gasteiger partial charge >= 0.3 is 0 Å². The van der Waals surface area contributed by atoms with Crippen LogP contribution in [0.1, 0.15) is 32.6 Å². The molecule has 0 aromatic heterocycles. The minimum Gasteiger partial charge on any atom is -0.394 e. The summed E-state index contributed by atoms with van der Waals surface area (Å²) in [5, 5.41) is 28.2. The van der Waals surface area contributed by atoms with Crippen molar-refractivity contribution in [1.29, 1.82) is 0 Å². The Morgan fingerprint density at radius 1 is 1.37 bits per heavy atom. The molecule has 0 spiro atoms. The summed E-state index contributed by atoms with van der Waals surface area (Å²) in [6.45, 7) is 2.28. The van der Waals surface area contributed by atoms with Gasteiger partial charge in [0.15, 0.2) is 0 Å². The lowest BCUT2D eigenvalue weighted by molar-refractivity contribution is -0.0879. The lowest BCUT2D eigenvalue weighted by atomic mass is 10.1. The molecule has 0 amide bonds. The van der Waals surface area contributed by atoms with Crippen molar-refractivity contribution in [3.63, 3.8) is 0 Å². The fraction of sp³-hybridized carbons (Fsp3) is 0.857. The molecule has 19 heavy (non-hydrogen) atoms. The first-order valence-electron chi connectivity index (χ1n) is 7.05. The Labute approximate surface area is 114 Å². The first-order chi connectivity index (χ1) is 9.20. The second kappa shape index (κ2) is 9.44. The molecule has 1 fully saturated rings. The number of ether oxygens (including phenoxy) is 2. The van der Waals surface area contributed by atoms with Gasteiger partial charge in [0.1, 0.15) is 24.4 Å². The van der Waals surface area contributed by atoms with Crippen molar-refractivity contribution < 1.29 is 24.8 Å². The molecular weight excluding hydrogens is 248 g/mol. The standard InChI is InChI=1S/C14H26O5/c1-2-3-4-5-6-7-8-18-14-12(17)10-19-13(14)11(16)9-15/h6-7,11-17H,2-5,8-10H2,1H3/b7-6+/t11-,12+,13+,14+/m0/s1. The van der Waals surface area contributed by atoms with E-state index in [1.807, 2.05) is 6.08 Å². The number of unbranched alkanes of at least 4 members (excludes halogenated alkanes) is 3. The first kappa shape index (κ1) is 16.6. The summed E-state index contributed by atoms with van der Waals surface area (Å²) >= 11 is 0. The Bertz CT molecular complexity index is 256. The quantitative estimate of drug-likeness (QED) is 0.424. The van der Waals surface area contributed by atoms with E-state index in [0.717, 1.165) is 6.42 Å². The highest BCUT2D eigenvalue weighted by molar-refractivity contribution is 4.90. The third-order valence-electron chi connectivity index (χ3n) is 3.25. The third kappa shape index (κ3) is 5.58. The highest BCUT2D eigenvalue weighted by Crippen LogP contribution is 2.20. The summed E-state index contributed by atoms with van der Waals surface area (Å²) in [6, 6.07) is 0. The fourth-order valence-electron chi connectivity index (χ4n) is 2.12. The maximum atomic E-state index is 9.71. The summed E-state index contributed by atoms with van der Waals surface area (Å²) in [5.41, 5.74) is 0. The van der Waals surface area contributed by atoms with E-state index in [9.17, 15) is 10.2 Å². The van der Waals surface area contributed by atoms with Crippen LogP contribution < -0.4 is 0 Å². The van der Waals surface area contributed by atoms with Crippen LogP contribution in [0.25, 0.3) is 0 Å². The largest absolute Gasteiger partial charge is 0.394 e. The van der Waals surface area contributed by atoms with Crippen LogP contribution in [0.3, 0.4) is 0 Å². The maximum absolute atomic E-state index is 9.71. The van der Waals surface area contributed by atoms with Gasteiger partial charge in [-0.05, 0) is 12.8 Å². The van der Waals surface area contributed by atoms with Gasteiger partial charge in [-0.1, -0.05) is 31.9 Å². The van der Waals surface area contributed by atoms with Gasteiger partial charge in [-0.2, -0.15) is 0 Å². The van der Waals surface area contributed by atoms with E-state index in [1.54, 1.807) is 0 Å². The van der Waals surface area contributed by atoms with Gasteiger partial charge in [0, 0.05) is 0 Å².